The maximum Gasteiger partial charge on any atom is 0.230 e. The van der Waals surface area contributed by atoms with Crippen LogP contribution < -0.4 is 5.73 Å². The van der Waals surface area contributed by atoms with Crippen molar-refractivity contribution in [1.29, 1.82) is 0 Å². The molecule has 0 unspecified atom stereocenters. The Bertz CT molecular complexity index is 725. The first-order valence-corrected chi connectivity index (χ1v) is 6.03. The van der Waals surface area contributed by atoms with Gasteiger partial charge < -0.3 is 14.7 Å². The first kappa shape index (κ1) is 11.6. The van der Waals surface area contributed by atoms with Crippen LogP contribution in [0.25, 0.3) is 22.4 Å². The van der Waals surface area contributed by atoms with E-state index in [2.05, 4.69) is 5.16 Å². The monoisotopic (exact) mass is 254 g/mol. The molecule has 0 atom stereocenters. The van der Waals surface area contributed by atoms with E-state index in [0.29, 0.717) is 11.6 Å². The number of anilines is 1. The Balaban J connectivity index is 2.22. The van der Waals surface area contributed by atoms with Crippen LogP contribution in [0.4, 0.5) is 5.88 Å². The predicted molar refractivity (Wildman–Crippen MR) is 73.5 cm³/mol. The number of hydrogen-bond acceptors (Lipinski definition) is 4. The molecule has 0 aliphatic heterocycles. The van der Waals surface area contributed by atoms with Crippen molar-refractivity contribution in [2.24, 2.45) is 0 Å². The number of rotatable bonds is 2. The Morgan fingerprint density at radius 2 is 1.95 bits per heavy atom. The molecule has 0 radical (unpaired) electrons. The van der Waals surface area contributed by atoms with E-state index in [-0.39, 0.29) is 0 Å². The van der Waals surface area contributed by atoms with E-state index in [0.717, 1.165) is 28.0 Å². The smallest absolute Gasteiger partial charge is 0.230 e. The Labute approximate surface area is 110 Å². The van der Waals surface area contributed by atoms with Crippen LogP contribution in [0.5, 0.6) is 0 Å². The Morgan fingerprint density at radius 3 is 2.63 bits per heavy atom. The summed E-state index contributed by atoms with van der Waals surface area (Å²) in [5.41, 5.74) is 10.5. The molecule has 0 saturated heterocycles. The normalized spacial score (nSPS) is 10.8. The van der Waals surface area contributed by atoms with Gasteiger partial charge in [-0.2, -0.15) is 0 Å². The average Bonchev–Trinajstić information content (AvgIpc) is 2.96. The Hall–Kier alpha value is -2.49. The topological polar surface area (TPSA) is 65.2 Å². The van der Waals surface area contributed by atoms with Crippen molar-refractivity contribution in [1.82, 2.24) is 5.16 Å². The molecule has 2 heterocycles. The Kier molecular flexibility index (Phi) is 2.63. The molecule has 3 aromatic rings. The van der Waals surface area contributed by atoms with Crippen LogP contribution in [0.2, 0.25) is 0 Å². The highest BCUT2D eigenvalue weighted by Crippen LogP contribution is 2.38. The third kappa shape index (κ3) is 1.91. The maximum atomic E-state index is 5.93. The van der Waals surface area contributed by atoms with Gasteiger partial charge in [0.25, 0.3) is 0 Å². The number of nitrogens with zero attached hydrogens (tertiary/aromatic N) is 1. The predicted octanol–water partition coefficient (Wildman–Crippen LogP) is 3.80. The maximum absolute atomic E-state index is 5.93. The van der Waals surface area contributed by atoms with E-state index >= 15 is 0 Å². The summed E-state index contributed by atoms with van der Waals surface area (Å²) in [4.78, 5) is 0. The summed E-state index contributed by atoms with van der Waals surface area (Å²) >= 11 is 0. The fourth-order valence-corrected chi connectivity index (χ4v) is 2.18. The zero-order chi connectivity index (χ0) is 13.4. The number of benzene rings is 1. The van der Waals surface area contributed by atoms with Crippen LogP contribution in [0, 0.1) is 13.8 Å². The molecule has 0 aliphatic carbocycles. The van der Waals surface area contributed by atoms with Gasteiger partial charge in [-0.25, -0.2) is 0 Å². The van der Waals surface area contributed by atoms with E-state index in [1.165, 1.54) is 0 Å². The fourth-order valence-electron chi connectivity index (χ4n) is 2.18. The summed E-state index contributed by atoms with van der Waals surface area (Å²) in [5.74, 6) is 1.15. The number of aryl methyl sites for hydroxylation is 2. The lowest BCUT2D eigenvalue weighted by Gasteiger charge is -2.04. The van der Waals surface area contributed by atoms with Crippen molar-refractivity contribution in [2.45, 2.75) is 13.8 Å². The average molecular weight is 254 g/mol. The van der Waals surface area contributed by atoms with Crippen LogP contribution in [-0.2, 0) is 0 Å². The minimum Gasteiger partial charge on any atom is -0.469 e. The number of hydrogen-bond donors (Lipinski definition) is 1. The molecule has 0 spiro atoms. The third-order valence-electron chi connectivity index (χ3n) is 3.14. The molecule has 0 fully saturated rings. The van der Waals surface area contributed by atoms with Crippen molar-refractivity contribution in [3.05, 3.63) is 47.9 Å². The standard InChI is InChI=1S/C15H14N2O2/c1-9-5-3-4-6-12(9)13-14(17-19-15(13)16)11-7-10(2)18-8-11/h3-8H,16H2,1-2H3. The van der Waals surface area contributed by atoms with E-state index in [1.54, 1.807) is 6.26 Å². The lowest BCUT2D eigenvalue weighted by atomic mass is 9.98. The zero-order valence-electron chi connectivity index (χ0n) is 10.8. The van der Waals surface area contributed by atoms with Gasteiger partial charge in [0, 0.05) is 5.56 Å². The Morgan fingerprint density at radius 1 is 1.16 bits per heavy atom. The summed E-state index contributed by atoms with van der Waals surface area (Å²) < 4.78 is 10.5. The quantitative estimate of drug-likeness (QED) is 0.755. The summed E-state index contributed by atoms with van der Waals surface area (Å²) in [6, 6.07) is 9.92. The highest BCUT2D eigenvalue weighted by atomic mass is 16.5. The van der Waals surface area contributed by atoms with Crippen LogP contribution in [-0.4, -0.2) is 5.16 Å². The second kappa shape index (κ2) is 4.31. The molecule has 0 amide bonds. The molecule has 0 bridgehead atoms. The van der Waals surface area contributed by atoms with E-state index in [4.69, 9.17) is 14.7 Å². The molecule has 96 valence electrons. The van der Waals surface area contributed by atoms with Crippen LogP contribution >= 0.6 is 0 Å². The lowest BCUT2D eigenvalue weighted by molar-refractivity contribution is 0.439. The highest BCUT2D eigenvalue weighted by Gasteiger charge is 2.19. The fraction of sp³-hybridized carbons (Fsp3) is 0.133. The molecule has 0 aliphatic rings. The second-order valence-electron chi connectivity index (χ2n) is 4.53. The number of aromatic nitrogens is 1. The zero-order valence-corrected chi connectivity index (χ0v) is 10.8. The minimum absolute atomic E-state index is 0.322. The number of furan rings is 1. The van der Waals surface area contributed by atoms with E-state index in [9.17, 15) is 0 Å². The third-order valence-corrected chi connectivity index (χ3v) is 3.14. The van der Waals surface area contributed by atoms with Gasteiger partial charge in [0.1, 0.15) is 17.7 Å². The molecule has 19 heavy (non-hydrogen) atoms. The first-order valence-electron chi connectivity index (χ1n) is 6.03. The van der Waals surface area contributed by atoms with Gasteiger partial charge in [-0.15, -0.1) is 0 Å². The van der Waals surface area contributed by atoms with Gasteiger partial charge in [-0.1, -0.05) is 29.4 Å². The minimum atomic E-state index is 0.322. The number of nitrogen functional groups attached to an aromatic ring is 1. The molecule has 4 heteroatoms. The summed E-state index contributed by atoms with van der Waals surface area (Å²) in [7, 11) is 0. The summed E-state index contributed by atoms with van der Waals surface area (Å²) in [6.45, 7) is 3.92. The van der Waals surface area contributed by atoms with Gasteiger partial charge >= 0.3 is 0 Å². The molecular weight excluding hydrogens is 240 g/mol. The van der Waals surface area contributed by atoms with E-state index < -0.39 is 0 Å². The second-order valence-corrected chi connectivity index (χ2v) is 4.53. The molecule has 0 saturated carbocycles. The number of nitrogens with two attached hydrogens (primary N) is 1. The summed E-state index contributed by atoms with van der Waals surface area (Å²) in [6.07, 6.45) is 1.66. The van der Waals surface area contributed by atoms with Crippen LogP contribution in [0.3, 0.4) is 0 Å². The van der Waals surface area contributed by atoms with Crippen molar-refractivity contribution in [3.63, 3.8) is 0 Å². The van der Waals surface area contributed by atoms with Gasteiger partial charge in [-0.3, -0.25) is 0 Å². The first-order chi connectivity index (χ1) is 9.16. The summed E-state index contributed by atoms with van der Waals surface area (Å²) in [5, 5.41) is 4.06. The molecule has 1 aromatic carbocycles. The van der Waals surface area contributed by atoms with Crippen LogP contribution in [0.15, 0.2) is 45.5 Å². The SMILES string of the molecule is Cc1cc(-c2noc(N)c2-c2ccccc2C)co1. The van der Waals surface area contributed by atoms with Crippen molar-refractivity contribution in [2.75, 3.05) is 5.73 Å². The molecular formula is C15H14N2O2. The largest absolute Gasteiger partial charge is 0.469 e. The van der Waals surface area contributed by atoms with Gasteiger partial charge in [0.2, 0.25) is 5.88 Å². The van der Waals surface area contributed by atoms with Gasteiger partial charge in [0.05, 0.1) is 5.56 Å². The molecule has 2 aromatic heterocycles. The lowest BCUT2D eigenvalue weighted by Crippen LogP contribution is -1.89. The van der Waals surface area contributed by atoms with Crippen LogP contribution in [0.1, 0.15) is 11.3 Å². The van der Waals surface area contributed by atoms with Crippen molar-refractivity contribution in [3.8, 4) is 22.4 Å². The van der Waals surface area contributed by atoms with Gasteiger partial charge in [-0.05, 0) is 31.0 Å². The van der Waals surface area contributed by atoms with Crippen molar-refractivity contribution >= 4 is 5.88 Å². The van der Waals surface area contributed by atoms with Gasteiger partial charge in [0.15, 0.2) is 0 Å². The molecule has 4 nitrogen and oxygen atoms in total. The van der Waals surface area contributed by atoms with Crippen molar-refractivity contribution < 1.29 is 8.94 Å². The molecule has 2 N–H and O–H groups in total. The molecule has 3 rings (SSSR count). The van der Waals surface area contributed by atoms with E-state index in [1.807, 2.05) is 44.2 Å². The highest BCUT2D eigenvalue weighted by molar-refractivity contribution is 5.87.